The van der Waals surface area contributed by atoms with Gasteiger partial charge in [-0.1, -0.05) is 6.92 Å². The third-order valence-electron chi connectivity index (χ3n) is 2.20. The molecule has 1 unspecified atom stereocenters. The highest BCUT2D eigenvalue weighted by atomic mass is 16.2. The molecule has 4 nitrogen and oxygen atoms in total. The number of aldehydes is 1. The van der Waals surface area contributed by atoms with E-state index in [2.05, 4.69) is 0 Å². The number of hydrogen-bond donors (Lipinski definition) is 1. The van der Waals surface area contributed by atoms with Crippen LogP contribution in [0, 0.1) is 5.92 Å². The van der Waals surface area contributed by atoms with Gasteiger partial charge in [-0.3, -0.25) is 4.79 Å². The molecule has 82 valence electrons. The van der Waals surface area contributed by atoms with Gasteiger partial charge in [0.1, 0.15) is 6.29 Å². The third kappa shape index (κ3) is 4.97. The first-order valence-corrected chi connectivity index (χ1v) is 5.02. The Kier molecular flexibility index (Phi) is 7.02. The molecule has 0 bridgehead atoms. The minimum atomic E-state index is -0.199. The Hall–Kier alpha value is -0.900. The largest absolute Gasteiger partial charge is 0.346 e. The van der Waals surface area contributed by atoms with Gasteiger partial charge in [-0.2, -0.15) is 0 Å². The van der Waals surface area contributed by atoms with Crippen molar-refractivity contribution in [3.63, 3.8) is 0 Å². The van der Waals surface area contributed by atoms with E-state index in [0.29, 0.717) is 13.0 Å². The van der Waals surface area contributed by atoms with Gasteiger partial charge in [-0.15, -0.1) is 0 Å². The molecule has 0 aliphatic carbocycles. The van der Waals surface area contributed by atoms with Crippen LogP contribution in [-0.2, 0) is 9.59 Å². The Balaban J connectivity index is 3.79. The molecular weight excluding hydrogens is 180 g/mol. The lowest BCUT2D eigenvalue weighted by Crippen LogP contribution is -2.32. The molecule has 0 saturated carbocycles. The molecule has 0 saturated heterocycles. The molecule has 0 aromatic rings. The fourth-order valence-corrected chi connectivity index (χ4v) is 1.22. The Bertz CT molecular complexity index is 183. The Morgan fingerprint density at radius 2 is 2.14 bits per heavy atom. The van der Waals surface area contributed by atoms with E-state index in [0.717, 1.165) is 25.7 Å². The lowest BCUT2D eigenvalue weighted by molar-refractivity contribution is -0.134. The maximum Gasteiger partial charge on any atom is 0.225 e. The number of rotatable bonds is 7. The van der Waals surface area contributed by atoms with Gasteiger partial charge in [0.15, 0.2) is 0 Å². The molecule has 1 atom stereocenters. The van der Waals surface area contributed by atoms with Gasteiger partial charge < -0.3 is 15.4 Å². The second-order valence-corrected chi connectivity index (χ2v) is 3.56. The summed E-state index contributed by atoms with van der Waals surface area (Å²) >= 11 is 0. The second-order valence-electron chi connectivity index (χ2n) is 3.56. The SMILES string of the molecule is CC(CC=O)C(=O)N(C)CCCCN. The molecule has 0 aliphatic heterocycles. The van der Waals surface area contributed by atoms with E-state index in [1.807, 2.05) is 0 Å². The lowest BCUT2D eigenvalue weighted by atomic mass is 10.1. The standard InChI is InChI=1S/C10H20N2O2/c1-9(5-8-13)10(14)12(2)7-4-3-6-11/h8-9H,3-7,11H2,1-2H3. The summed E-state index contributed by atoms with van der Waals surface area (Å²) in [6.07, 6.45) is 2.95. The van der Waals surface area contributed by atoms with Crippen LogP contribution < -0.4 is 5.73 Å². The molecule has 0 aliphatic rings. The lowest BCUT2D eigenvalue weighted by Gasteiger charge is -2.20. The molecule has 4 heteroatoms. The van der Waals surface area contributed by atoms with Crippen molar-refractivity contribution in [1.82, 2.24) is 4.90 Å². The van der Waals surface area contributed by atoms with Crippen molar-refractivity contribution in [2.45, 2.75) is 26.2 Å². The first-order chi connectivity index (χ1) is 6.63. The molecule has 0 aromatic carbocycles. The highest BCUT2D eigenvalue weighted by Gasteiger charge is 2.15. The number of carbonyl (C=O) groups excluding carboxylic acids is 2. The monoisotopic (exact) mass is 200 g/mol. The Labute approximate surface area is 85.4 Å². The van der Waals surface area contributed by atoms with E-state index in [1.54, 1.807) is 18.9 Å². The predicted octanol–water partition coefficient (Wildman–Crippen LogP) is 0.409. The molecular formula is C10H20N2O2. The normalized spacial score (nSPS) is 12.2. The van der Waals surface area contributed by atoms with E-state index in [1.165, 1.54) is 0 Å². The van der Waals surface area contributed by atoms with Crippen LogP contribution in [0.15, 0.2) is 0 Å². The van der Waals surface area contributed by atoms with Crippen LogP contribution in [0.5, 0.6) is 0 Å². The van der Waals surface area contributed by atoms with E-state index in [4.69, 9.17) is 5.73 Å². The number of nitrogens with zero attached hydrogens (tertiary/aromatic N) is 1. The Morgan fingerprint density at radius 3 is 2.64 bits per heavy atom. The summed E-state index contributed by atoms with van der Waals surface area (Å²) in [5.74, 6) is -0.163. The molecule has 1 amide bonds. The van der Waals surface area contributed by atoms with Crippen molar-refractivity contribution in [1.29, 1.82) is 0 Å². The number of hydrogen-bond acceptors (Lipinski definition) is 3. The molecule has 0 aromatic heterocycles. The average Bonchev–Trinajstić information content (AvgIpc) is 2.17. The van der Waals surface area contributed by atoms with Gasteiger partial charge in [-0.25, -0.2) is 0 Å². The number of amides is 1. The maximum absolute atomic E-state index is 11.6. The van der Waals surface area contributed by atoms with Crippen molar-refractivity contribution in [2.24, 2.45) is 11.7 Å². The van der Waals surface area contributed by atoms with Crippen LogP contribution in [0.2, 0.25) is 0 Å². The van der Waals surface area contributed by atoms with Crippen molar-refractivity contribution < 1.29 is 9.59 Å². The smallest absolute Gasteiger partial charge is 0.225 e. The first-order valence-electron chi connectivity index (χ1n) is 5.02. The van der Waals surface area contributed by atoms with Gasteiger partial charge in [0.05, 0.1) is 0 Å². The van der Waals surface area contributed by atoms with Crippen LogP contribution in [0.4, 0.5) is 0 Å². The van der Waals surface area contributed by atoms with Gasteiger partial charge >= 0.3 is 0 Å². The van der Waals surface area contributed by atoms with Gasteiger partial charge in [-0.05, 0) is 19.4 Å². The number of nitrogens with two attached hydrogens (primary N) is 1. The van der Waals surface area contributed by atoms with Crippen LogP contribution >= 0.6 is 0 Å². The van der Waals surface area contributed by atoms with Gasteiger partial charge in [0.2, 0.25) is 5.91 Å². The summed E-state index contributed by atoms with van der Waals surface area (Å²) in [6.45, 7) is 3.15. The summed E-state index contributed by atoms with van der Waals surface area (Å²) in [7, 11) is 1.76. The summed E-state index contributed by atoms with van der Waals surface area (Å²) in [5, 5.41) is 0. The van der Waals surface area contributed by atoms with Crippen molar-refractivity contribution in [3.05, 3.63) is 0 Å². The molecule has 2 N–H and O–H groups in total. The third-order valence-corrected chi connectivity index (χ3v) is 2.20. The predicted molar refractivity (Wildman–Crippen MR) is 55.8 cm³/mol. The van der Waals surface area contributed by atoms with Crippen LogP contribution in [0.25, 0.3) is 0 Å². The Morgan fingerprint density at radius 1 is 1.50 bits per heavy atom. The van der Waals surface area contributed by atoms with Crippen molar-refractivity contribution in [3.8, 4) is 0 Å². The zero-order valence-corrected chi connectivity index (χ0v) is 9.03. The molecule has 14 heavy (non-hydrogen) atoms. The van der Waals surface area contributed by atoms with E-state index >= 15 is 0 Å². The number of carbonyl (C=O) groups is 2. The highest BCUT2D eigenvalue weighted by molar-refractivity contribution is 5.80. The van der Waals surface area contributed by atoms with Crippen molar-refractivity contribution >= 4 is 12.2 Å². The quantitative estimate of drug-likeness (QED) is 0.478. The zero-order valence-electron chi connectivity index (χ0n) is 9.03. The molecule has 0 radical (unpaired) electrons. The van der Waals surface area contributed by atoms with Crippen LogP contribution in [-0.4, -0.2) is 37.2 Å². The molecule has 0 rings (SSSR count). The summed E-state index contributed by atoms with van der Waals surface area (Å²) in [5.41, 5.74) is 5.35. The average molecular weight is 200 g/mol. The fraction of sp³-hybridized carbons (Fsp3) is 0.800. The van der Waals surface area contributed by atoms with E-state index in [-0.39, 0.29) is 11.8 Å². The maximum atomic E-state index is 11.6. The van der Waals surface area contributed by atoms with E-state index in [9.17, 15) is 9.59 Å². The summed E-state index contributed by atoms with van der Waals surface area (Å²) < 4.78 is 0. The molecule has 0 heterocycles. The van der Waals surface area contributed by atoms with Crippen LogP contribution in [0.3, 0.4) is 0 Å². The summed E-state index contributed by atoms with van der Waals surface area (Å²) in [6, 6.07) is 0. The molecule has 0 spiro atoms. The van der Waals surface area contributed by atoms with Crippen LogP contribution in [0.1, 0.15) is 26.2 Å². The fourth-order valence-electron chi connectivity index (χ4n) is 1.22. The zero-order chi connectivity index (χ0) is 11.0. The van der Waals surface area contributed by atoms with Gasteiger partial charge in [0, 0.05) is 25.9 Å². The van der Waals surface area contributed by atoms with Crippen molar-refractivity contribution in [2.75, 3.05) is 20.1 Å². The molecule has 0 fully saturated rings. The number of unbranched alkanes of at least 4 members (excludes halogenated alkanes) is 1. The van der Waals surface area contributed by atoms with E-state index < -0.39 is 0 Å². The second kappa shape index (κ2) is 7.50. The highest BCUT2D eigenvalue weighted by Crippen LogP contribution is 2.04. The first kappa shape index (κ1) is 13.1. The minimum Gasteiger partial charge on any atom is -0.346 e. The van der Waals surface area contributed by atoms with Gasteiger partial charge in [0.25, 0.3) is 0 Å². The summed E-state index contributed by atoms with van der Waals surface area (Å²) in [4.78, 5) is 23.4. The minimum absolute atomic E-state index is 0.0362. The topological polar surface area (TPSA) is 63.4 Å².